The first-order chi connectivity index (χ1) is 14.9. The minimum atomic E-state index is -1.82. The van der Waals surface area contributed by atoms with E-state index in [4.69, 9.17) is 24.5 Å². The lowest BCUT2D eigenvalue weighted by molar-refractivity contribution is -0.159. The first kappa shape index (κ1) is 23.8. The monoisotopic (exact) mass is 425 g/mol. The van der Waals surface area contributed by atoms with Crippen LogP contribution in [0.1, 0.15) is 30.9 Å². The Balaban J connectivity index is 0.000000501. The Morgan fingerprint density at radius 3 is 1.68 bits per heavy atom. The van der Waals surface area contributed by atoms with Crippen molar-refractivity contribution in [3.05, 3.63) is 77.4 Å². The van der Waals surface area contributed by atoms with Gasteiger partial charge in [0.25, 0.3) is 0 Å². The largest absolute Gasteiger partial charge is 0.473 e. The zero-order valence-electron chi connectivity index (χ0n) is 17.5. The number of benzene rings is 2. The summed E-state index contributed by atoms with van der Waals surface area (Å²) < 4.78 is 5.06. The molecule has 1 heterocycles. The maximum atomic E-state index is 11.7. The number of carbonyl (C=O) groups excluding carboxylic acids is 1. The number of hydrogen-bond acceptors (Lipinski definition) is 5. The average molecular weight is 425 g/mol. The van der Waals surface area contributed by atoms with E-state index in [2.05, 4.69) is 65.6 Å². The highest BCUT2D eigenvalue weighted by molar-refractivity contribution is 6.27. The highest BCUT2D eigenvalue weighted by Crippen LogP contribution is 2.32. The van der Waals surface area contributed by atoms with E-state index in [1.54, 1.807) is 0 Å². The predicted octanol–water partition coefficient (Wildman–Crippen LogP) is 3.30. The molecule has 1 aliphatic rings. The van der Waals surface area contributed by atoms with Crippen LogP contribution in [-0.2, 0) is 19.1 Å². The molecule has 0 spiro atoms. The summed E-state index contributed by atoms with van der Waals surface area (Å²) in [7, 11) is 0. The Kier molecular flexibility index (Phi) is 9.45. The average Bonchev–Trinajstić information content (AvgIpc) is 2.77. The number of carbonyl (C=O) groups is 3. The summed E-state index contributed by atoms with van der Waals surface area (Å²) in [5.41, 5.74) is 5.35. The van der Waals surface area contributed by atoms with E-state index < -0.39 is 11.9 Å². The van der Waals surface area contributed by atoms with Gasteiger partial charge < -0.3 is 14.9 Å². The molecule has 0 atom stereocenters. The van der Waals surface area contributed by atoms with Crippen molar-refractivity contribution in [2.75, 3.05) is 26.2 Å². The summed E-state index contributed by atoms with van der Waals surface area (Å²) in [4.78, 5) is 32.1. The van der Waals surface area contributed by atoms with Gasteiger partial charge in [-0.15, -0.1) is 0 Å². The van der Waals surface area contributed by atoms with Gasteiger partial charge in [0, 0.05) is 13.1 Å². The second kappa shape index (κ2) is 12.3. The van der Waals surface area contributed by atoms with Crippen molar-refractivity contribution in [2.24, 2.45) is 0 Å². The van der Waals surface area contributed by atoms with E-state index in [0.717, 1.165) is 25.9 Å². The molecule has 0 aliphatic carbocycles. The molecule has 0 unspecified atom stereocenters. The van der Waals surface area contributed by atoms with Gasteiger partial charge >= 0.3 is 17.9 Å². The van der Waals surface area contributed by atoms with Crippen LogP contribution in [0.2, 0.25) is 0 Å². The van der Waals surface area contributed by atoms with Crippen LogP contribution in [0.15, 0.2) is 66.2 Å². The summed E-state index contributed by atoms with van der Waals surface area (Å²) >= 11 is 0. The van der Waals surface area contributed by atoms with Gasteiger partial charge in [-0.2, -0.15) is 0 Å². The van der Waals surface area contributed by atoms with Crippen LogP contribution >= 0.6 is 0 Å². The van der Waals surface area contributed by atoms with Crippen molar-refractivity contribution in [1.82, 2.24) is 4.90 Å². The number of rotatable bonds is 5. The van der Waals surface area contributed by atoms with Crippen LogP contribution in [0.3, 0.4) is 0 Å². The quantitative estimate of drug-likeness (QED) is 0.559. The Labute approximate surface area is 181 Å². The van der Waals surface area contributed by atoms with E-state index in [9.17, 15) is 4.79 Å². The normalized spacial score (nSPS) is 13.5. The lowest BCUT2D eigenvalue weighted by Crippen LogP contribution is -2.36. The highest BCUT2D eigenvalue weighted by atomic mass is 16.5. The molecule has 2 aromatic rings. The molecule has 2 aromatic carbocycles. The number of carboxylic acids is 2. The van der Waals surface area contributed by atoms with Crippen molar-refractivity contribution in [1.29, 1.82) is 0 Å². The zero-order chi connectivity index (χ0) is 22.6. The summed E-state index contributed by atoms with van der Waals surface area (Å²) in [6.45, 7) is 4.49. The van der Waals surface area contributed by atoms with Gasteiger partial charge in [-0.1, -0.05) is 66.2 Å². The zero-order valence-corrected chi connectivity index (χ0v) is 17.5. The fourth-order valence-corrected chi connectivity index (χ4v) is 3.40. The SMILES string of the molecule is CCOC(=O)CN1CCC(=C(c2ccccc2)c2ccccc2)CC1.O=C(O)C(=O)O. The van der Waals surface area contributed by atoms with Crippen molar-refractivity contribution in [3.8, 4) is 0 Å². The van der Waals surface area contributed by atoms with Gasteiger partial charge in [-0.25, -0.2) is 9.59 Å². The van der Waals surface area contributed by atoms with E-state index in [1.165, 1.54) is 22.3 Å². The molecule has 3 rings (SSSR count). The van der Waals surface area contributed by atoms with Gasteiger partial charge in [-0.05, 0) is 36.5 Å². The number of nitrogens with zero attached hydrogens (tertiary/aromatic N) is 1. The van der Waals surface area contributed by atoms with Gasteiger partial charge in [-0.3, -0.25) is 9.69 Å². The molecular weight excluding hydrogens is 398 g/mol. The third-order valence-corrected chi connectivity index (χ3v) is 4.78. The molecular formula is C24H27NO6. The molecule has 164 valence electrons. The van der Waals surface area contributed by atoms with Crippen LogP contribution < -0.4 is 0 Å². The molecule has 0 amide bonds. The Hall–Kier alpha value is -3.45. The highest BCUT2D eigenvalue weighted by Gasteiger charge is 2.20. The number of ether oxygens (including phenoxy) is 1. The molecule has 2 N–H and O–H groups in total. The molecule has 7 heteroatoms. The van der Waals surface area contributed by atoms with Crippen LogP contribution in [0.25, 0.3) is 5.57 Å². The molecule has 0 radical (unpaired) electrons. The number of carboxylic acid groups (broad SMARTS) is 2. The van der Waals surface area contributed by atoms with Crippen LogP contribution in [0.5, 0.6) is 0 Å². The smallest absolute Gasteiger partial charge is 0.414 e. The number of aliphatic carboxylic acids is 2. The molecule has 0 bridgehead atoms. The molecule has 1 fully saturated rings. The maximum Gasteiger partial charge on any atom is 0.414 e. The van der Waals surface area contributed by atoms with E-state index in [-0.39, 0.29) is 5.97 Å². The summed E-state index contributed by atoms with van der Waals surface area (Å²) in [6.07, 6.45) is 1.97. The molecule has 0 saturated carbocycles. The Morgan fingerprint density at radius 1 is 0.839 bits per heavy atom. The Bertz CT molecular complexity index is 845. The summed E-state index contributed by atoms with van der Waals surface area (Å²) in [5, 5.41) is 14.8. The Morgan fingerprint density at radius 2 is 1.29 bits per heavy atom. The van der Waals surface area contributed by atoms with Gasteiger partial charge in [0.1, 0.15) is 0 Å². The third kappa shape index (κ3) is 7.71. The van der Waals surface area contributed by atoms with Gasteiger partial charge in [0.05, 0.1) is 13.2 Å². The summed E-state index contributed by atoms with van der Waals surface area (Å²) in [5.74, 6) is -3.77. The second-order valence-corrected chi connectivity index (χ2v) is 6.90. The molecule has 1 aliphatic heterocycles. The minimum absolute atomic E-state index is 0.124. The fourth-order valence-electron chi connectivity index (χ4n) is 3.40. The molecule has 1 saturated heterocycles. The minimum Gasteiger partial charge on any atom is -0.473 e. The maximum absolute atomic E-state index is 11.7. The van der Waals surface area contributed by atoms with Crippen LogP contribution in [-0.4, -0.2) is 59.3 Å². The first-order valence-corrected chi connectivity index (χ1v) is 10.1. The van der Waals surface area contributed by atoms with Crippen molar-refractivity contribution >= 4 is 23.5 Å². The standard InChI is InChI=1S/C22H25NO2.C2H2O4/c1-2-25-21(24)17-23-15-13-20(14-16-23)22(18-9-5-3-6-10-18)19-11-7-4-8-12-19;3-1(4)2(5)6/h3-12H,2,13-17H2,1H3;(H,3,4)(H,5,6). The topological polar surface area (TPSA) is 104 Å². The fraction of sp³-hybridized carbons (Fsp3) is 0.292. The lowest BCUT2D eigenvalue weighted by Gasteiger charge is -2.29. The van der Waals surface area contributed by atoms with Gasteiger partial charge in [0.2, 0.25) is 0 Å². The van der Waals surface area contributed by atoms with Gasteiger partial charge in [0.15, 0.2) is 0 Å². The lowest BCUT2D eigenvalue weighted by atomic mass is 9.88. The molecule has 0 aromatic heterocycles. The van der Waals surface area contributed by atoms with Crippen molar-refractivity contribution in [3.63, 3.8) is 0 Å². The third-order valence-electron chi connectivity index (χ3n) is 4.78. The molecule has 31 heavy (non-hydrogen) atoms. The second-order valence-electron chi connectivity index (χ2n) is 6.90. The van der Waals surface area contributed by atoms with Crippen molar-refractivity contribution < 1.29 is 29.3 Å². The van der Waals surface area contributed by atoms with Crippen LogP contribution in [0.4, 0.5) is 0 Å². The number of piperidine rings is 1. The van der Waals surface area contributed by atoms with Crippen molar-refractivity contribution in [2.45, 2.75) is 19.8 Å². The predicted molar refractivity (Wildman–Crippen MR) is 116 cm³/mol. The molecule has 7 nitrogen and oxygen atoms in total. The number of esters is 1. The number of hydrogen-bond donors (Lipinski definition) is 2. The number of likely N-dealkylation sites (tertiary alicyclic amines) is 1. The van der Waals surface area contributed by atoms with E-state index in [0.29, 0.717) is 13.2 Å². The van der Waals surface area contributed by atoms with Crippen LogP contribution in [0, 0.1) is 0 Å². The first-order valence-electron chi connectivity index (χ1n) is 10.1. The summed E-state index contributed by atoms with van der Waals surface area (Å²) in [6, 6.07) is 21.2. The van der Waals surface area contributed by atoms with E-state index in [1.807, 2.05) is 6.92 Å². The van der Waals surface area contributed by atoms with E-state index >= 15 is 0 Å².